The molecule has 0 heterocycles. The highest BCUT2D eigenvalue weighted by Crippen LogP contribution is 1.81. The van der Waals surface area contributed by atoms with Crippen LogP contribution in [-0.4, -0.2) is 0 Å². The van der Waals surface area contributed by atoms with Gasteiger partial charge in [-0.25, -0.2) is 0 Å². The van der Waals surface area contributed by atoms with Crippen LogP contribution in [0.2, 0.25) is 0 Å². The molecule has 0 aliphatic rings. The molecule has 0 fully saturated rings. The molecule has 40 valence electrons. The molecule has 7 heavy (non-hydrogen) atoms. The molecule has 0 aromatic rings. The lowest BCUT2D eigenvalue weighted by atomic mass is 10.4. The van der Waals surface area contributed by atoms with E-state index >= 15 is 0 Å². The van der Waals surface area contributed by atoms with Crippen LogP contribution in [0.25, 0.3) is 0 Å². The Hall–Kier alpha value is -0.780. The summed E-state index contributed by atoms with van der Waals surface area (Å²) in [7, 11) is 0. The standard InChI is InChI=1S/C5H8.C2H4/c1-4-5(2)3;1-2/h4H,1-2H2,3H3;1-2H2. The first-order valence-electron chi connectivity index (χ1n) is 2.05. The maximum absolute atomic E-state index is 3.56. The lowest BCUT2D eigenvalue weighted by molar-refractivity contribution is 1.58. The number of hydrogen-bond donors (Lipinski definition) is 0. The van der Waals surface area contributed by atoms with E-state index in [-0.39, 0.29) is 0 Å². The molecule has 0 aromatic carbocycles. The molecule has 0 unspecified atom stereocenters. The van der Waals surface area contributed by atoms with Crippen LogP contribution in [0, 0.1) is 0 Å². The van der Waals surface area contributed by atoms with E-state index < -0.39 is 0 Å². The summed E-state index contributed by atoms with van der Waals surface area (Å²) in [4.78, 5) is 0. The van der Waals surface area contributed by atoms with Crippen LogP contribution >= 0.6 is 0 Å². The average Bonchev–Trinajstić information content (AvgIpc) is 1.73. The van der Waals surface area contributed by atoms with E-state index in [9.17, 15) is 0 Å². The summed E-state index contributed by atoms with van der Waals surface area (Å²) in [6, 6.07) is 0. The maximum atomic E-state index is 3.56. The van der Waals surface area contributed by atoms with Gasteiger partial charge in [-0.1, -0.05) is 24.8 Å². The Balaban J connectivity index is 0. The molecular formula is C7H12. The molecule has 0 atom stereocenters. The summed E-state index contributed by atoms with van der Waals surface area (Å²) < 4.78 is 0. The van der Waals surface area contributed by atoms with Gasteiger partial charge in [0.1, 0.15) is 0 Å². The molecule has 0 saturated heterocycles. The van der Waals surface area contributed by atoms with Crippen molar-refractivity contribution in [3.8, 4) is 0 Å². The van der Waals surface area contributed by atoms with Gasteiger partial charge in [-0.05, 0) is 6.92 Å². The van der Waals surface area contributed by atoms with Gasteiger partial charge in [0.2, 0.25) is 0 Å². The number of allylic oxidation sites excluding steroid dienone is 2. The predicted molar refractivity (Wildman–Crippen MR) is 36.3 cm³/mol. The minimum absolute atomic E-state index is 1.02. The van der Waals surface area contributed by atoms with Crippen LogP contribution in [0.3, 0.4) is 0 Å². The van der Waals surface area contributed by atoms with Crippen molar-refractivity contribution in [2.24, 2.45) is 0 Å². The first kappa shape index (κ1) is 9.52. The first-order chi connectivity index (χ1) is 3.27. The van der Waals surface area contributed by atoms with E-state index in [4.69, 9.17) is 0 Å². The van der Waals surface area contributed by atoms with Crippen molar-refractivity contribution in [1.82, 2.24) is 0 Å². The minimum atomic E-state index is 1.02. The Morgan fingerprint density at radius 3 is 1.57 bits per heavy atom. The normalized spacial score (nSPS) is 5.29. The molecule has 0 nitrogen and oxygen atoms in total. The Bertz CT molecular complexity index is 60.4. The summed E-state index contributed by atoms with van der Waals surface area (Å²) in [6.45, 7) is 14.9. The molecule has 0 spiro atoms. The molecule has 0 aliphatic carbocycles. The zero-order valence-electron chi connectivity index (χ0n) is 4.91. The Morgan fingerprint density at radius 2 is 1.57 bits per heavy atom. The molecule has 0 rings (SSSR count). The molecule has 0 radical (unpaired) electrons. The number of rotatable bonds is 1. The van der Waals surface area contributed by atoms with Crippen molar-refractivity contribution >= 4 is 0 Å². The summed E-state index contributed by atoms with van der Waals surface area (Å²) >= 11 is 0. The van der Waals surface area contributed by atoms with Crippen LogP contribution in [0.15, 0.2) is 38.0 Å². The quantitative estimate of drug-likeness (QED) is 0.347. The molecular weight excluding hydrogens is 84.1 g/mol. The second-order valence-corrected chi connectivity index (χ2v) is 1.05. The smallest absolute Gasteiger partial charge is 0.0404 e. The van der Waals surface area contributed by atoms with Gasteiger partial charge in [0.05, 0.1) is 0 Å². The van der Waals surface area contributed by atoms with Crippen LogP contribution in [0.1, 0.15) is 6.92 Å². The largest absolute Gasteiger partial charge is 0.106 e. The molecule has 0 N–H and O–H groups in total. The predicted octanol–water partition coefficient (Wildman–Crippen LogP) is 2.55. The number of hydrogen-bond acceptors (Lipinski definition) is 0. The second-order valence-electron chi connectivity index (χ2n) is 1.05. The molecule has 0 amide bonds. The van der Waals surface area contributed by atoms with E-state index in [1.807, 2.05) is 6.92 Å². The van der Waals surface area contributed by atoms with Gasteiger partial charge in [0.15, 0.2) is 0 Å². The van der Waals surface area contributed by atoms with Gasteiger partial charge in [-0.15, -0.1) is 13.2 Å². The topological polar surface area (TPSA) is 0 Å². The molecule has 0 heteroatoms. The van der Waals surface area contributed by atoms with Crippen molar-refractivity contribution in [3.63, 3.8) is 0 Å². The molecule has 0 aliphatic heterocycles. The highest BCUT2D eigenvalue weighted by atomic mass is 13.7. The molecule has 0 aromatic heterocycles. The fraction of sp³-hybridized carbons (Fsp3) is 0.143. The Morgan fingerprint density at radius 1 is 1.43 bits per heavy atom. The first-order valence-corrected chi connectivity index (χ1v) is 2.05. The van der Waals surface area contributed by atoms with Gasteiger partial charge in [-0.3, -0.25) is 0 Å². The average molecular weight is 96.2 g/mol. The SMILES string of the molecule is C=C.C=CC(=C)C. The van der Waals surface area contributed by atoms with Crippen molar-refractivity contribution in [3.05, 3.63) is 38.0 Å². The van der Waals surface area contributed by atoms with Crippen molar-refractivity contribution < 1.29 is 0 Å². The summed E-state index contributed by atoms with van der Waals surface area (Å²) in [5.74, 6) is 0. The minimum Gasteiger partial charge on any atom is -0.106 e. The van der Waals surface area contributed by atoms with Gasteiger partial charge in [0, 0.05) is 0 Å². The summed E-state index contributed by atoms with van der Waals surface area (Å²) in [5, 5.41) is 0. The van der Waals surface area contributed by atoms with Crippen molar-refractivity contribution in [1.29, 1.82) is 0 Å². The van der Waals surface area contributed by atoms with E-state index in [0.717, 1.165) is 5.57 Å². The third-order valence-electron chi connectivity index (χ3n) is 0.348. The van der Waals surface area contributed by atoms with E-state index in [0.29, 0.717) is 0 Å². The van der Waals surface area contributed by atoms with Gasteiger partial charge >= 0.3 is 0 Å². The van der Waals surface area contributed by atoms with Gasteiger partial charge < -0.3 is 0 Å². The Kier molecular flexibility index (Phi) is 12.2. The highest BCUT2D eigenvalue weighted by Gasteiger charge is 1.59. The van der Waals surface area contributed by atoms with Crippen molar-refractivity contribution in [2.75, 3.05) is 0 Å². The Labute approximate surface area is 45.9 Å². The molecule has 0 saturated carbocycles. The zero-order valence-corrected chi connectivity index (χ0v) is 4.91. The summed E-state index contributed by atoms with van der Waals surface area (Å²) in [6.07, 6.45) is 1.72. The van der Waals surface area contributed by atoms with Crippen LogP contribution < -0.4 is 0 Å². The molecule has 0 bridgehead atoms. The summed E-state index contributed by atoms with van der Waals surface area (Å²) in [5.41, 5.74) is 1.02. The highest BCUT2D eigenvalue weighted by molar-refractivity contribution is 5.05. The third-order valence-corrected chi connectivity index (χ3v) is 0.348. The third kappa shape index (κ3) is 36.4. The van der Waals surface area contributed by atoms with Crippen LogP contribution in [-0.2, 0) is 0 Å². The maximum Gasteiger partial charge on any atom is -0.0404 e. The van der Waals surface area contributed by atoms with E-state index in [1.54, 1.807) is 6.08 Å². The lowest BCUT2D eigenvalue weighted by Crippen LogP contribution is -1.50. The zero-order chi connectivity index (χ0) is 6.28. The van der Waals surface area contributed by atoms with Crippen LogP contribution in [0.4, 0.5) is 0 Å². The fourth-order valence-electron chi connectivity index (χ4n) is 0. The van der Waals surface area contributed by atoms with Crippen LogP contribution in [0.5, 0.6) is 0 Å². The fourth-order valence-corrected chi connectivity index (χ4v) is 0. The van der Waals surface area contributed by atoms with E-state index in [2.05, 4.69) is 26.3 Å². The second kappa shape index (κ2) is 8.97. The van der Waals surface area contributed by atoms with Gasteiger partial charge in [-0.2, -0.15) is 0 Å². The van der Waals surface area contributed by atoms with Gasteiger partial charge in [0.25, 0.3) is 0 Å². The monoisotopic (exact) mass is 96.1 g/mol. The lowest BCUT2D eigenvalue weighted by Gasteiger charge is -1.71. The van der Waals surface area contributed by atoms with E-state index in [1.165, 1.54) is 0 Å². The van der Waals surface area contributed by atoms with Crippen molar-refractivity contribution in [2.45, 2.75) is 6.92 Å².